The molecule has 14 heteroatoms. The molecule has 121 heavy (non-hydrogen) atoms. The van der Waals surface area contributed by atoms with Crippen LogP contribution in [0.5, 0.6) is 0 Å². The quantitative estimate of drug-likeness (QED) is 0.124. The second kappa shape index (κ2) is 28.2. The van der Waals surface area contributed by atoms with Crippen molar-refractivity contribution < 1.29 is 13.7 Å². The molecule has 578 valence electrons. The lowest BCUT2D eigenvalue weighted by atomic mass is 9.88. The highest BCUT2D eigenvalue weighted by molar-refractivity contribution is 7.87. The van der Waals surface area contributed by atoms with E-state index < -0.39 is 21.4 Å². The molecule has 0 radical (unpaired) electrons. The average molecular weight is 1620 g/mol. The molecule has 0 spiro atoms. The summed E-state index contributed by atoms with van der Waals surface area (Å²) in [5, 5.41) is 10.2. The van der Waals surface area contributed by atoms with Crippen molar-refractivity contribution in [3.8, 4) is 61.8 Å². The highest BCUT2D eigenvalue weighted by atomic mass is 31.2. The lowest BCUT2D eigenvalue weighted by Crippen LogP contribution is -2.33. The molecular weight excluding hydrogens is 1540 g/mol. The number of fused-ring (bicyclic) bond motifs is 15. The molecule has 20 aromatic rings. The molecule has 4 aromatic heterocycles. The summed E-state index contributed by atoms with van der Waals surface area (Å²) in [6.07, 6.45) is 2.33. The van der Waals surface area contributed by atoms with Crippen LogP contribution in [0.3, 0.4) is 0 Å². The first-order chi connectivity index (χ1) is 59.5. The molecule has 25 rings (SSSR count). The maximum atomic E-state index is 15.8. The molecule has 0 bridgehead atoms. The third-order valence-corrected chi connectivity index (χ3v) is 34.7. The normalized spacial score (nSPS) is 17.1. The highest BCUT2D eigenvalue weighted by Gasteiger charge is 2.46. The third kappa shape index (κ3) is 10.8. The summed E-state index contributed by atoms with van der Waals surface area (Å²) in [6, 6.07) is 125. The van der Waals surface area contributed by atoms with E-state index in [1.807, 2.05) is 182 Å². The molecule has 0 saturated carbocycles. The summed E-state index contributed by atoms with van der Waals surface area (Å²) in [4.78, 5) is 25.7. The Kier molecular flexibility index (Phi) is 16.9. The van der Waals surface area contributed by atoms with Crippen LogP contribution in [0.2, 0.25) is 0 Å². The number of imidazole rings is 3. The Bertz CT molecular complexity index is 7830. The lowest BCUT2D eigenvalue weighted by Gasteiger charge is -2.30. The zero-order valence-corrected chi connectivity index (χ0v) is 69.2. The number of hydrogen-bond donors (Lipinski definition) is 0. The second-order valence-electron chi connectivity index (χ2n) is 31.8. The molecule has 4 atom stereocenters. The van der Waals surface area contributed by atoms with Crippen molar-refractivity contribution in [3.05, 3.63) is 415 Å². The van der Waals surface area contributed by atoms with Gasteiger partial charge in [-0.15, -0.1) is 0 Å². The maximum Gasteiger partial charge on any atom is 0.175 e. The van der Waals surface area contributed by atoms with Gasteiger partial charge in [-0.05, 0) is 151 Å². The van der Waals surface area contributed by atoms with Gasteiger partial charge in [-0.25, -0.2) is 24.9 Å². The fourth-order valence-corrected chi connectivity index (χ4v) is 29.3. The van der Waals surface area contributed by atoms with Crippen LogP contribution in [0.4, 0.5) is 0 Å². The van der Waals surface area contributed by atoms with E-state index in [2.05, 4.69) is 216 Å². The van der Waals surface area contributed by atoms with E-state index in [9.17, 15) is 0 Å². The minimum Gasteiger partial charge on any atom is -0.308 e. The molecule has 2 aliphatic carbocycles. The fraction of sp³-hybridized carbons (Fsp3) is 0.0748. The van der Waals surface area contributed by atoms with Crippen LogP contribution in [0.25, 0.3) is 117 Å². The number of aromatic nitrogens is 8. The zero-order valence-electron chi connectivity index (χ0n) is 66.6. The highest BCUT2D eigenvalue weighted by Crippen LogP contribution is 2.57. The van der Waals surface area contributed by atoms with Crippen molar-refractivity contribution in [2.24, 2.45) is 0 Å². The molecule has 4 unspecified atom stereocenters. The Morgan fingerprint density at radius 3 is 1.07 bits per heavy atom. The van der Waals surface area contributed by atoms with Crippen LogP contribution in [0.1, 0.15) is 83.5 Å². The van der Waals surface area contributed by atoms with E-state index in [4.69, 9.17) is 24.9 Å². The molecular formula is C107H77N8O3P3. The smallest absolute Gasteiger partial charge is 0.175 e. The Labute approximate surface area is 700 Å². The first-order valence-electron chi connectivity index (χ1n) is 41.6. The van der Waals surface area contributed by atoms with E-state index >= 15 is 13.7 Å². The van der Waals surface area contributed by atoms with E-state index in [0.717, 1.165) is 179 Å². The molecule has 3 aliphatic heterocycles. The standard InChI is InChI=1S/C38H27N2OP.C35H25N4OP.C34H25N2OP/c1-2-35-39-31-22-25(36-28-16-8-9-17-29(28)37-27-15-7-6-12-24(27)20-21-30(36)37)23-34-38(31)40(35)32-18-10-11-19-33(32)42(34,41)26-13-4-3-5-14-26;1-2-32-36-28-21-24(34-33(23-13-5-3-6-14-23)37-26-17-9-10-18-27(26)38-34)22-31-35(28)39(32)29-19-11-12-20-30(29)41(31,40)25-15-7-4-8-16-25;1-2-32-35-28-20-22(33-26-16-8-6-14-24(26)25-15-7-9-17-27(25)33)21-31-34(28)36(32)29-18-10-11-19-30(29)38(31,37)23-12-4-3-5-13-23/h3-23,36H,2H2,1H3;3-22H,2H2,1H3;3-21,33H,2H2,1H3. The van der Waals surface area contributed by atoms with Gasteiger partial charge in [0.2, 0.25) is 0 Å². The van der Waals surface area contributed by atoms with Crippen molar-refractivity contribution in [1.29, 1.82) is 0 Å². The van der Waals surface area contributed by atoms with E-state index in [-0.39, 0.29) is 11.8 Å². The summed E-state index contributed by atoms with van der Waals surface area (Å²) in [6.45, 7) is 6.40. The molecule has 16 aromatic carbocycles. The minimum absolute atomic E-state index is 0.0260. The molecule has 11 nitrogen and oxygen atoms in total. The number of rotatable bonds is 10. The summed E-state index contributed by atoms with van der Waals surface area (Å²) < 4.78 is 53.7. The van der Waals surface area contributed by atoms with Gasteiger partial charge in [-0.2, -0.15) is 0 Å². The van der Waals surface area contributed by atoms with E-state index in [1.54, 1.807) is 0 Å². The Morgan fingerprint density at radius 2 is 0.620 bits per heavy atom. The summed E-state index contributed by atoms with van der Waals surface area (Å²) in [5.41, 5.74) is 26.0. The third-order valence-electron chi connectivity index (χ3n) is 25.4. The van der Waals surface area contributed by atoms with Crippen molar-refractivity contribution in [2.75, 3.05) is 0 Å². The molecule has 7 heterocycles. The minimum atomic E-state index is -3.25. The summed E-state index contributed by atoms with van der Waals surface area (Å²) in [7, 11) is -9.61. The van der Waals surface area contributed by atoms with Gasteiger partial charge in [0.05, 0.1) is 72.6 Å². The second-order valence-corrected chi connectivity index (χ2v) is 39.9. The molecule has 0 N–H and O–H groups in total. The monoisotopic (exact) mass is 1610 g/mol. The predicted octanol–water partition coefficient (Wildman–Crippen LogP) is 21.4. The van der Waals surface area contributed by atoms with E-state index in [0.29, 0.717) is 0 Å². The SMILES string of the molecule is CCc1nc2cc(-c3nc4ccccc4nc3-c3ccccc3)cc3c2n1-c1ccccc1P3(=O)c1ccccc1.CCc1nc2cc(C3c4ccccc4-c4c3ccc3ccccc43)cc3c2n1-c1ccccc1P3(=O)c1ccccc1.CCc1nc2cc(C3c4ccccc4-c4ccccc43)cc3c2n1-c1ccccc1P3(=O)c1ccccc1. The summed E-state index contributed by atoms with van der Waals surface area (Å²) >= 11 is 0. The van der Waals surface area contributed by atoms with Crippen molar-refractivity contribution >= 4 is 124 Å². The maximum absolute atomic E-state index is 15.8. The van der Waals surface area contributed by atoms with Crippen LogP contribution < -0.4 is 47.7 Å². The van der Waals surface area contributed by atoms with Gasteiger partial charge in [0.25, 0.3) is 0 Å². The number of benzene rings is 16. The molecule has 5 aliphatic rings. The Hall–Kier alpha value is -13.8. The Balaban J connectivity index is 0.000000106. The summed E-state index contributed by atoms with van der Waals surface area (Å²) in [5.74, 6) is 3.03. The largest absolute Gasteiger partial charge is 0.308 e. The van der Waals surface area contributed by atoms with Crippen LogP contribution in [-0.2, 0) is 33.0 Å². The van der Waals surface area contributed by atoms with Crippen LogP contribution in [0.15, 0.2) is 364 Å². The fourth-order valence-electron chi connectivity index (χ4n) is 20.2. The topological polar surface area (TPSA) is 130 Å². The van der Waals surface area contributed by atoms with Gasteiger partial charge in [-0.1, -0.05) is 300 Å². The van der Waals surface area contributed by atoms with Crippen molar-refractivity contribution in [3.63, 3.8) is 0 Å². The zero-order chi connectivity index (χ0) is 81.0. The van der Waals surface area contributed by atoms with Gasteiger partial charge in [0, 0.05) is 90.0 Å². The predicted molar refractivity (Wildman–Crippen MR) is 497 cm³/mol. The first kappa shape index (κ1) is 72.4. The van der Waals surface area contributed by atoms with Gasteiger partial charge in [0.15, 0.2) is 21.4 Å². The molecule has 0 amide bonds. The number of aryl methyl sites for hydroxylation is 3. The molecule has 0 saturated heterocycles. The van der Waals surface area contributed by atoms with Gasteiger partial charge in [-0.3, -0.25) is 13.7 Å². The number of hydrogen-bond acceptors (Lipinski definition) is 8. The van der Waals surface area contributed by atoms with Gasteiger partial charge >= 0.3 is 0 Å². The molecule has 0 fully saturated rings. The van der Waals surface area contributed by atoms with E-state index in [1.165, 1.54) is 55.3 Å². The number of para-hydroxylation sites is 5. The van der Waals surface area contributed by atoms with Crippen molar-refractivity contribution in [2.45, 2.75) is 51.9 Å². The van der Waals surface area contributed by atoms with Crippen LogP contribution >= 0.6 is 21.4 Å². The lowest BCUT2D eigenvalue weighted by molar-refractivity contribution is 0.591. The van der Waals surface area contributed by atoms with Gasteiger partial charge < -0.3 is 13.7 Å². The number of nitrogens with zero attached hydrogens (tertiary/aromatic N) is 8. The van der Waals surface area contributed by atoms with Gasteiger partial charge in [0.1, 0.15) is 17.5 Å². The van der Waals surface area contributed by atoms with Crippen LogP contribution in [0, 0.1) is 0 Å². The average Bonchev–Trinajstić information content (AvgIpc) is 1.67. The van der Waals surface area contributed by atoms with Crippen LogP contribution in [-0.4, -0.2) is 38.6 Å². The van der Waals surface area contributed by atoms with Crippen molar-refractivity contribution in [1.82, 2.24) is 38.6 Å². The first-order valence-corrected chi connectivity index (χ1v) is 46.7. The Morgan fingerprint density at radius 1 is 0.273 bits per heavy atom.